The summed E-state index contributed by atoms with van der Waals surface area (Å²) >= 11 is 0. The van der Waals surface area contributed by atoms with Crippen molar-refractivity contribution in [3.05, 3.63) is 90.3 Å². The van der Waals surface area contributed by atoms with Crippen molar-refractivity contribution >= 4 is 40.0 Å². The SMILES string of the molecule is COCC(=O)Nc1cc(Oc2ccc(NC(=O)Nc3cc(C(C)(C)C)nn3-c3ccc(CO)c(OC)c3)c3ccccc23)ccn1. The van der Waals surface area contributed by atoms with E-state index < -0.39 is 6.03 Å². The maximum absolute atomic E-state index is 13.4. The predicted octanol–water partition coefficient (Wildman–Crippen LogP) is 6.24. The number of rotatable bonds is 10. The topological polar surface area (TPSA) is 149 Å². The minimum absolute atomic E-state index is 0.0913. The Labute approximate surface area is 266 Å². The molecule has 0 unspecified atom stereocenters. The largest absolute Gasteiger partial charge is 0.496 e. The Bertz CT molecular complexity index is 1880. The highest BCUT2D eigenvalue weighted by atomic mass is 16.5. The molecule has 0 fully saturated rings. The number of amides is 3. The van der Waals surface area contributed by atoms with Gasteiger partial charge in [0.1, 0.15) is 35.5 Å². The third-order valence-electron chi connectivity index (χ3n) is 7.04. The van der Waals surface area contributed by atoms with Gasteiger partial charge in [0.05, 0.1) is 30.8 Å². The summed E-state index contributed by atoms with van der Waals surface area (Å²) in [4.78, 5) is 29.5. The summed E-state index contributed by atoms with van der Waals surface area (Å²) in [6.07, 6.45) is 1.53. The van der Waals surface area contributed by atoms with Gasteiger partial charge in [-0.2, -0.15) is 5.10 Å². The summed E-state index contributed by atoms with van der Waals surface area (Å²) in [5.74, 6) is 1.99. The van der Waals surface area contributed by atoms with Crippen LogP contribution in [0.2, 0.25) is 0 Å². The first-order valence-electron chi connectivity index (χ1n) is 14.5. The predicted molar refractivity (Wildman–Crippen MR) is 176 cm³/mol. The quantitative estimate of drug-likeness (QED) is 0.143. The van der Waals surface area contributed by atoms with Gasteiger partial charge in [-0.25, -0.2) is 14.5 Å². The smallest absolute Gasteiger partial charge is 0.324 e. The number of aromatic nitrogens is 3. The van der Waals surface area contributed by atoms with Crippen LogP contribution in [0, 0.1) is 0 Å². The zero-order valence-electron chi connectivity index (χ0n) is 26.2. The number of carbonyl (C=O) groups excluding carboxylic acids is 2. The van der Waals surface area contributed by atoms with Crippen molar-refractivity contribution in [2.45, 2.75) is 32.8 Å². The summed E-state index contributed by atoms with van der Waals surface area (Å²) in [7, 11) is 2.97. The van der Waals surface area contributed by atoms with E-state index in [-0.39, 0.29) is 24.5 Å². The third kappa shape index (κ3) is 7.25. The third-order valence-corrected chi connectivity index (χ3v) is 7.04. The fourth-order valence-corrected chi connectivity index (χ4v) is 4.75. The average molecular weight is 625 g/mol. The number of aliphatic hydroxyl groups is 1. The van der Waals surface area contributed by atoms with Crippen LogP contribution in [-0.4, -0.2) is 52.6 Å². The van der Waals surface area contributed by atoms with Crippen molar-refractivity contribution in [2.75, 3.05) is 36.8 Å². The molecule has 5 rings (SSSR count). The molecule has 0 atom stereocenters. The first kappa shape index (κ1) is 31.9. The van der Waals surface area contributed by atoms with Gasteiger partial charge in [0.2, 0.25) is 0 Å². The van der Waals surface area contributed by atoms with Gasteiger partial charge < -0.3 is 30.0 Å². The summed E-state index contributed by atoms with van der Waals surface area (Å²) in [6, 6.07) is 21.1. The monoisotopic (exact) mass is 624 g/mol. The van der Waals surface area contributed by atoms with Crippen LogP contribution in [0.25, 0.3) is 16.5 Å². The Kier molecular flexibility index (Phi) is 9.50. The molecule has 4 N–H and O–H groups in total. The number of benzene rings is 3. The fourth-order valence-electron chi connectivity index (χ4n) is 4.75. The number of urea groups is 1. The van der Waals surface area contributed by atoms with E-state index >= 15 is 0 Å². The standard InChI is InChI=1S/C34H36N6O6/c1-34(2,3)29-18-31(40(39-29)22-11-10-21(19-41)28(16-22)45-5)38-33(43)36-26-12-13-27(25-9-7-6-8-24(25)26)46-23-14-15-35-30(17-23)37-32(42)20-44-4/h6-18,41H,19-20H2,1-5H3,(H,35,37,42)(H2,36,38,43). The summed E-state index contributed by atoms with van der Waals surface area (Å²) in [6.45, 7) is 5.86. The molecule has 2 aromatic heterocycles. The molecule has 0 saturated carbocycles. The van der Waals surface area contributed by atoms with E-state index in [1.165, 1.54) is 20.4 Å². The Morgan fingerprint density at radius 3 is 2.39 bits per heavy atom. The van der Waals surface area contributed by atoms with Gasteiger partial charge in [0, 0.05) is 53.3 Å². The molecule has 5 aromatic rings. The molecule has 46 heavy (non-hydrogen) atoms. The lowest BCUT2D eigenvalue weighted by Crippen LogP contribution is -2.21. The number of nitrogens with one attached hydrogen (secondary N) is 3. The lowest BCUT2D eigenvalue weighted by molar-refractivity contribution is -0.119. The van der Waals surface area contributed by atoms with Gasteiger partial charge in [0.25, 0.3) is 5.91 Å². The molecular weight excluding hydrogens is 588 g/mol. The molecule has 0 spiro atoms. The van der Waals surface area contributed by atoms with E-state index in [4.69, 9.17) is 19.3 Å². The van der Waals surface area contributed by atoms with Crippen LogP contribution >= 0.6 is 0 Å². The molecule has 3 amide bonds. The Balaban J connectivity index is 1.40. The number of aliphatic hydroxyl groups excluding tert-OH is 1. The molecule has 0 bridgehead atoms. The molecule has 0 aliphatic carbocycles. The number of fused-ring (bicyclic) bond motifs is 1. The second-order valence-electron chi connectivity index (χ2n) is 11.4. The second kappa shape index (κ2) is 13.7. The van der Waals surface area contributed by atoms with Gasteiger partial charge in [-0.05, 0) is 24.3 Å². The highest BCUT2D eigenvalue weighted by Crippen LogP contribution is 2.35. The minimum atomic E-state index is -0.468. The van der Waals surface area contributed by atoms with E-state index in [1.807, 2.05) is 57.2 Å². The van der Waals surface area contributed by atoms with Crippen molar-refractivity contribution in [3.63, 3.8) is 0 Å². The number of pyridine rings is 1. The van der Waals surface area contributed by atoms with Crippen molar-refractivity contribution in [1.82, 2.24) is 14.8 Å². The number of ether oxygens (including phenoxy) is 3. The number of hydrogen-bond donors (Lipinski definition) is 4. The number of carbonyl (C=O) groups is 2. The van der Waals surface area contributed by atoms with E-state index in [1.54, 1.807) is 41.1 Å². The lowest BCUT2D eigenvalue weighted by Gasteiger charge is -2.15. The fraction of sp³-hybridized carbons (Fsp3) is 0.235. The maximum atomic E-state index is 13.4. The zero-order chi connectivity index (χ0) is 32.8. The first-order chi connectivity index (χ1) is 22.1. The molecular formula is C34H36N6O6. The van der Waals surface area contributed by atoms with E-state index in [0.717, 1.165) is 16.5 Å². The van der Waals surface area contributed by atoms with Crippen LogP contribution in [-0.2, 0) is 21.6 Å². The summed E-state index contributed by atoms with van der Waals surface area (Å²) in [5.41, 5.74) is 2.35. The van der Waals surface area contributed by atoms with Gasteiger partial charge >= 0.3 is 6.03 Å². The molecule has 0 radical (unpaired) electrons. The highest BCUT2D eigenvalue weighted by Gasteiger charge is 2.22. The number of anilines is 3. The summed E-state index contributed by atoms with van der Waals surface area (Å²) < 4.78 is 18.1. The van der Waals surface area contributed by atoms with Crippen LogP contribution in [0.5, 0.6) is 17.2 Å². The second-order valence-corrected chi connectivity index (χ2v) is 11.4. The van der Waals surface area contributed by atoms with Crippen LogP contribution in [0.15, 0.2) is 79.0 Å². The van der Waals surface area contributed by atoms with Crippen molar-refractivity contribution in [3.8, 4) is 22.9 Å². The van der Waals surface area contributed by atoms with Gasteiger partial charge in [-0.15, -0.1) is 0 Å². The first-order valence-corrected chi connectivity index (χ1v) is 14.5. The summed E-state index contributed by atoms with van der Waals surface area (Å²) in [5, 5.41) is 24.5. The van der Waals surface area contributed by atoms with E-state index in [9.17, 15) is 14.7 Å². The number of nitrogens with zero attached hydrogens (tertiary/aromatic N) is 3. The molecule has 0 aliphatic rings. The Morgan fingerprint density at radius 1 is 0.891 bits per heavy atom. The van der Waals surface area contributed by atoms with Crippen LogP contribution < -0.4 is 25.4 Å². The van der Waals surface area contributed by atoms with Gasteiger partial charge in [0.15, 0.2) is 0 Å². The Morgan fingerprint density at radius 2 is 1.67 bits per heavy atom. The average Bonchev–Trinajstić information content (AvgIpc) is 3.46. The number of methoxy groups -OCH3 is 2. The van der Waals surface area contributed by atoms with Crippen molar-refractivity contribution in [2.24, 2.45) is 0 Å². The molecule has 0 saturated heterocycles. The van der Waals surface area contributed by atoms with Crippen LogP contribution in [0.1, 0.15) is 32.0 Å². The molecule has 0 aliphatic heterocycles. The van der Waals surface area contributed by atoms with Crippen LogP contribution in [0.4, 0.5) is 22.1 Å². The molecule has 12 nitrogen and oxygen atoms in total. The van der Waals surface area contributed by atoms with E-state index in [0.29, 0.717) is 45.8 Å². The lowest BCUT2D eigenvalue weighted by atomic mass is 9.92. The molecule has 2 heterocycles. The normalized spacial score (nSPS) is 11.3. The van der Waals surface area contributed by atoms with Gasteiger partial charge in [-0.1, -0.05) is 51.1 Å². The van der Waals surface area contributed by atoms with Crippen molar-refractivity contribution in [1.29, 1.82) is 0 Å². The van der Waals surface area contributed by atoms with Crippen molar-refractivity contribution < 1.29 is 28.9 Å². The van der Waals surface area contributed by atoms with E-state index in [2.05, 4.69) is 20.9 Å². The maximum Gasteiger partial charge on any atom is 0.324 e. The highest BCUT2D eigenvalue weighted by molar-refractivity contribution is 6.07. The molecule has 3 aromatic carbocycles. The Hall–Kier alpha value is -5.46. The van der Waals surface area contributed by atoms with Gasteiger partial charge in [-0.3, -0.25) is 10.1 Å². The molecule has 12 heteroatoms. The number of hydrogen-bond acceptors (Lipinski definition) is 8. The molecule has 238 valence electrons. The zero-order valence-corrected chi connectivity index (χ0v) is 26.2. The van der Waals surface area contributed by atoms with Crippen LogP contribution in [0.3, 0.4) is 0 Å². The minimum Gasteiger partial charge on any atom is -0.496 e.